The third kappa shape index (κ3) is 3.29. The van der Waals surface area contributed by atoms with Gasteiger partial charge in [-0.15, -0.1) is 0 Å². The van der Waals surface area contributed by atoms with Crippen LogP contribution in [0.25, 0.3) is 0 Å². The fourth-order valence-electron chi connectivity index (χ4n) is 1.52. The lowest BCUT2D eigenvalue weighted by molar-refractivity contribution is -0.384. The first kappa shape index (κ1) is 13.9. The van der Waals surface area contributed by atoms with Crippen molar-refractivity contribution in [3.63, 3.8) is 0 Å². The molecule has 0 saturated heterocycles. The van der Waals surface area contributed by atoms with Crippen LogP contribution >= 0.6 is 0 Å². The van der Waals surface area contributed by atoms with Gasteiger partial charge in [0.1, 0.15) is 12.4 Å². The van der Waals surface area contributed by atoms with Crippen molar-refractivity contribution in [1.29, 1.82) is 0 Å². The Morgan fingerprint density at radius 2 is 2.10 bits per heavy atom. The van der Waals surface area contributed by atoms with Gasteiger partial charge in [0.25, 0.3) is 11.6 Å². The Morgan fingerprint density at radius 3 is 2.70 bits per heavy atom. The zero-order valence-electron chi connectivity index (χ0n) is 11.0. The first-order chi connectivity index (χ1) is 9.60. The quantitative estimate of drug-likeness (QED) is 0.590. The average Bonchev–Trinajstić information content (AvgIpc) is 2.88. The number of nitro groups is 1. The molecule has 106 valence electrons. The fourth-order valence-corrected chi connectivity index (χ4v) is 1.52. The molecule has 1 aromatic heterocycles. The standard InChI is InChI=1S/C12H13N3O5/c1-8(12-13-11(7-18-2)14-20-12)19-10-5-3-9(4-6-10)15(16)17/h3-6,8H,7H2,1-2H3/t8-/m0/s1. The Morgan fingerprint density at radius 1 is 1.40 bits per heavy atom. The molecule has 0 fully saturated rings. The van der Waals surface area contributed by atoms with Gasteiger partial charge in [0.05, 0.1) is 4.92 Å². The maximum absolute atomic E-state index is 10.5. The molecule has 0 amide bonds. The predicted molar refractivity (Wildman–Crippen MR) is 67.2 cm³/mol. The number of nitro benzene ring substituents is 1. The van der Waals surface area contributed by atoms with Gasteiger partial charge in [0.15, 0.2) is 11.9 Å². The number of aromatic nitrogens is 2. The zero-order valence-corrected chi connectivity index (χ0v) is 11.0. The van der Waals surface area contributed by atoms with Gasteiger partial charge in [0, 0.05) is 19.2 Å². The van der Waals surface area contributed by atoms with E-state index in [2.05, 4.69) is 10.1 Å². The monoisotopic (exact) mass is 279 g/mol. The minimum atomic E-state index is -0.470. The van der Waals surface area contributed by atoms with Crippen LogP contribution in [0.15, 0.2) is 28.8 Å². The maximum atomic E-state index is 10.5. The van der Waals surface area contributed by atoms with Crippen LogP contribution in [0.5, 0.6) is 5.75 Å². The van der Waals surface area contributed by atoms with Gasteiger partial charge in [-0.1, -0.05) is 5.16 Å². The second kappa shape index (κ2) is 6.11. The van der Waals surface area contributed by atoms with Gasteiger partial charge in [-0.3, -0.25) is 10.1 Å². The number of methoxy groups -OCH3 is 1. The van der Waals surface area contributed by atoms with Crippen molar-refractivity contribution < 1.29 is 18.9 Å². The fraction of sp³-hybridized carbons (Fsp3) is 0.333. The molecule has 0 aliphatic rings. The number of hydrogen-bond acceptors (Lipinski definition) is 7. The lowest BCUT2D eigenvalue weighted by atomic mass is 10.3. The van der Waals surface area contributed by atoms with Crippen LogP contribution in [-0.2, 0) is 11.3 Å². The molecular formula is C12H13N3O5. The molecule has 1 aromatic carbocycles. The molecule has 2 rings (SSSR count). The van der Waals surface area contributed by atoms with E-state index in [0.717, 1.165) is 0 Å². The Labute approximate surface area is 114 Å². The highest BCUT2D eigenvalue weighted by Gasteiger charge is 2.16. The molecule has 2 aromatic rings. The van der Waals surface area contributed by atoms with Crippen LogP contribution < -0.4 is 4.74 Å². The molecule has 1 atom stereocenters. The van der Waals surface area contributed by atoms with Crippen LogP contribution in [0.2, 0.25) is 0 Å². The van der Waals surface area contributed by atoms with E-state index in [-0.39, 0.29) is 12.3 Å². The molecule has 1 heterocycles. The minimum Gasteiger partial charge on any atom is -0.481 e. The molecule has 0 bridgehead atoms. The summed E-state index contributed by atoms with van der Waals surface area (Å²) in [5.41, 5.74) is 0.00479. The second-order valence-corrected chi connectivity index (χ2v) is 3.99. The van der Waals surface area contributed by atoms with Gasteiger partial charge in [0.2, 0.25) is 0 Å². The van der Waals surface area contributed by atoms with E-state index < -0.39 is 11.0 Å². The van der Waals surface area contributed by atoms with Crippen molar-refractivity contribution in [2.45, 2.75) is 19.6 Å². The largest absolute Gasteiger partial charge is 0.481 e. The van der Waals surface area contributed by atoms with Crippen LogP contribution in [0, 0.1) is 10.1 Å². The van der Waals surface area contributed by atoms with E-state index in [9.17, 15) is 10.1 Å². The average molecular weight is 279 g/mol. The van der Waals surface area contributed by atoms with Gasteiger partial charge in [-0.05, 0) is 19.1 Å². The number of hydrogen-bond donors (Lipinski definition) is 0. The van der Waals surface area contributed by atoms with Gasteiger partial charge >= 0.3 is 0 Å². The van der Waals surface area contributed by atoms with E-state index in [0.29, 0.717) is 17.5 Å². The Kier molecular flexibility index (Phi) is 4.26. The van der Waals surface area contributed by atoms with Crippen LogP contribution in [0.1, 0.15) is 24.7 Å². The Hall–Kier alpha value is -2.48. The van der Waals surface area contributed by atoms with Crippen molar-refractivity contribution in [2.24, 2.45) is 0 Å². The third-order valence-electron chi connectivity index (χ3n) is 2.47. The summed E-state index contributed by atoms with van der Waals surface area (Å²) in [5, 5.41) is 14.3. The van der Waals surface area contributed by atoms with Crippen LogP contribution in [-0.4, -0.2) is 22.2 Å². The Bertz CT molecular complexity index is 581. The van der Waals surface area contributed by atoms with Crippen molar-refractivity contribution in [1.82, 2.24) is 10.1 Å². The first-order valence-electron chi connectivity index (χ1n) is 5.82. The summed E-state index contributed by atoms with van der Waals surface area (Å²) in [6.45, 7) is 2.00. The molecule has 0 aliphatic carbocycles. The number of nitrogens with zero attached hydrogens (tertiary/aromatic N) is 3. The summed E-state index contributed by atoms with van der Waals surface area (Å²) in [7, 11) is 1.53. The summed E-state index contributed by atoms with van der Waals surface area (Å²) in [4.78, 5) is 14.2. The molecule has 0 spiro atoms. The first-order valence-corrected chi connectivity index (χ1v) is 5.82. The summed E-state index contributed by atoms with van der Waals surface area (Å²) >= 11 is 0. The summed E-state index contributed by atoms with van der Waals surface area (Å²) < 4.78 is 15.5. The summed E-state index contributed by atoms with van der Waals surface area (Å²) in [5.74, 6) is 1.23. The molecular weight excluding hydrogens is 266 g/mol. The third-order valence-corrected chi connectivity index (χ3v) is 2.47. The zero-order chi connectivity index (χ0) is 14.5. The van der Waals surface area contributed by atoms with Crippen LogP contribution in [0.4, 0.5) is 5.69 Å². The number of rotatable bonds is 6. The van der Waals surface area contributed by atoms with E-state index in [1.54, 1.807) is 6.92 Å². The predicted octanol–water partition coefficient (Wildman–Crippen LogP) is 2.26. The highest BCUT2D eigenvalue weighted by molar-refractivity contribution is 5.36. The molecule has 0 radical (unpaired) electrons. The van der Waals surface area contributed by atoms with E-state index in [1.807, 2.05) is 0 Å². The highest BCUT2D eigenvalue weighted by Crippen LogP contribution is 2.23. The minimum absolute atomic E-state index is 0.00479. The highest BCUT2D eigenvalue weighted by atomic mass is 16.6. The smallest absolute Gasteiger partial charge is 0.269 e. The van der Waals surface area contributed by atoms with Crippen molar-refractivity contribution in [3.8, 4) is 5.75 Å². The molecule has 0 saturated carbocycles. The lowest BCUT2D eigenvalue weighted by Crippen LogP contribution is -2.04. The summed E-state index contributed by atoms with van der Waals surface area (Å²) in [6, 6.07) is 5.76. The van der Waals surface area contributed by atoms with Crippen molar-refractivity contribution in [3.05, 3.63) is 46.1 Å². The number of ether oxygens (including phenoxy) is 2. The van der Waals surface area contributed by atoms with Gasteiger partial charge in [-0.2, -0.15) is 4.98 Å². The molecule has 8 nitrogen and oxygen atoms in total. The number of benzene rings is 1. The maximum Gasteiger partial charge on any atom is 0.269 e. The molecule has 0 N–H and O–H groups in total. The number of non-ortho nitro benzene ring substituents is 1. The van der Waals surface area contributed by atoms with Crippen molar-refractivity contribution in [2.75, 3.05) is 7.11 Å². The Balaban J connectivity index is 2.02. The van der Waals surface area contributed by atoms with Gasteiger partial charge in [-0.25, -0.2) is 0 Å². The van der Waals surface area contributed by atoms with Gasteiger partial charge < -0.3 is 14.0 Å². The van der Waals surface area contributed by atoms with E-state index >= 15 is 0 Å². The molecule has 0 unspecified atom stereocenters. The molecule has 8 heteroatoms. The summed E-state index contributed by atoms with van der Waals surface area (Å²) in [6.07, 6.45) is -0.463. The van der Waals surface area contributed by atoms with E-state index in [1.165, 1.54) is 31.4 Å². The van der Waals surface area contributed by atoms with E-state index in [4.69, 9.17) is 14.0 Å². The lowest BCUT2D eigenvalue weighted by Gasteiger charge is -2.10. The normalized spacial score (nSPS) is 12.1. The molecule has 20 heavy (non-hydrogen) atoms. The second-order valence-electron chi connectivity index (χ2n) is 3.99. The molecule has 0 aliphatic heterocycles. The topological polar surface area (TPSA) is 101 Å². The van der Waals surface area contributed by atoms with Crippen LogP contribution in [0.3, 0.4) is 0 Å². The van der Waals surface area contributed by atoms with Crippen molar-refractivity contribution >= 4 is 5.69 Å². The SMILES string of the molecule is COCc1noc([C@H](C)Oc2ccc([N+](=O)[O-])cc2)n1.